The van der Waals surface area contributed by atoms with Crippen LogP contribution in [-0.4, -0.2) is 33.0 Å². The fraction of sp³-hybridized carbons (Fsp3) is 0.294. The van der Waals surface area contributed by atoms with Crippen molar-refractivity contribution in [2.24, 2.45) is 0 Å². The van der Waals surface area contributed by atoms with Crippen molar-refractivity contribution in [3.8, 4) is 17.2 Å². The average Bonchev–Trinajstić information content (AvgIpc) is 3.00. The van der Waals surface area contributed by atoms with Crippen molar-refractivity contribution in [1.29, 1.82) is 0 Å². The zero-order chi connectivity index (χ0) is 29.1. The molecule has 2 atom stereocenters. The van der Waals surface area contributed by atoms with Crippen molar-refractivity contribution in [1.82, 2.24) is 5.32 Å². The van der Waals surface area contributed by atoms with Crippen LogP contribution in [-0.2, 0) is 16.0 Å². The average molecular weight is 553 g/mol. The number of aryl methyl sites for hydroxylation is 1. The molecule has 1 aliphatic heterocycles. The predicted molar refractivity (Wildman–Crippen MR) is 160 cm³/mol. The minimum Gasteiger partial charge on any atom is -0.497 e. The molecule has 41 heavy (non-hydrogen) atoms. The quantitative estimate of drug-likeness (QED) is 0.342. The van der Waals surface area contributed by atoms with Crippen LogP contribution in [0.4, 0.5) is 5.69 Å². The maximum absolute atomic E-state index is 14.0. The smallest absolute Gasteiger partial charge is 0.254 e. The van der Waals surface area contributed by atoms with Crippen LogP contribution in [0.1, 0.15) is 55.2 Å². The van der Waals surface area contributed by atoms with Gasteiger partial charge in [-0.15, -0.1) is 0 Å². The molecule has 3 aromatic rings. The minimum absolute atomic E-state index is 0.0286. The number of methoxy groups -OCH3 is 3. The van der Waals surface area contributed by atoms with Gasteiger partial charge >= 0.3 is 0 Å². The third-order valence-electron chi connectivity index (χ3n) is 8.02. The number of benzene rings is 3. The number of nitrogens with one attached hydrogen (secondary N) is 2. The zero-order valence-corrected chi connectivity index (χ0v) is 24.2. The molecule has 0 spiro atoms. The van der Waals surface area contributed by atoms with E-state index in [4.69, 9.17) is 14.2 Å². The highest BCUT2D eigenvalue weighted by Crippen LogP contribution is 2.46. The standard InChI is InChI=1S/C34H36N2O5/c1-6-21-7-9-22(10-8-21)32-31(34(38)36-25-12-14-26(39-3)15-13-25)20(2)35-27-17-24(18-28(37)33(27)32)23-11-16-29(40-4)30(19-23)41-5/h7-16,19,24,32,35H,6,17-18H2,1-5H3,(H,36,38)/t24-,32+/m0/s1. The van der Waals surface area contributed by atoms with Gasteiger partial charge in [-0.2, -0.15) is 0 Å². The molecule has 0 bridgehead atoms. The topological polar surface area (TPSA) is 85.9 Å². The lowest BCUT2D eigenvalue weighted by molar-refractivity contribution is -0.116. The number of ether oxygens (including phenoxy) is 3. The van der Waals surface area contributed by atoms with Gasteiger partial charge in [0.2, 0.25) is 0 Å². The molecule has 7 heteroatoms. The monoisotopic (exact) mass is 552 g/mol. The maximum atomic E-state index is 14.0. The molecular formula is C34H36N2O5. The number of hydrogen-bond acceptors (Lipinski definition) is 6. The van der Waals surface area contributed by atoms with Crippen LogP contribution in [0, 0.1) is 0 Å². The Balaban J connectivity index is 1.53. The van der Waals surface area contributed by atoms with E-state index in [-0.39, 0.29) is 17.6 Å². The molecule has 0 fully saturated rings. The lowest BCUT2D eigenvalue weighted by Crippen LogP contribution is -2.37. The number of amides is 1. The lowest BCUT2D eigenvalue weighted by atomic mass is 9.71. The second-order valence-corrected chi connectivity index (χ2v) is 10.4. The molecule has 0 aromatic heterocycles. The molecule has 1 amide bonds. The first-order valence-electron chi connectivity index (χ1n) is 13.9. The number of ketones is 1. The van der Waals surface area contributed by atoms with Crippen molar-refractivity contribution < 1.29 is 23.8 Å². The van der Waals surface area contributed by atoms with Crippen molar-refractivity contribution in [3.05, 3.63) is 106 Å². The molecule has 2 aliphatic rings. The number of anilines is 1. The van der Waals surface area contributed by atoms with E-state index in [9.17, 15) is 9.59 Å². The molecule has 212 valence electrons. The summed E-state index contributed by atoms with van der Waals surface area (Å²) < 4.78 is 16.2. The van der Waals surface area contributed by atoms with E-state index < -0.39 is 5.92 Å². The Morgan fingerprint density at radius 3 is 2.20 bits per heavy atom. The summed E-state index contributed by atoms with van der Waals surface area (Å²) >= 11 is 0. The van der Waals surface area contributed by atoms with Crippen LogP contribution < -0.4 is 24.8 Å². The summed E-state index contributed by atoms with van der Waals surface area (Å²) in [5.74, 6) is 1.27. The van der Waals surface area contributed by atoms with Gasteiger partial charge in [0.25, 0.3) is 5.91 Å². The summed E-state index contributed by atoms with van der Waals surface area (Å²) in [5, 5.41) is 6.49. The number of allylic oxidation sites excluding steroid dienone is 3. The van der Waals surface area contributed by atoms with E-state index >= 15 is 0 Å². The molecule has 1 heterocycles. The van der Waals surface area contributed by atoms with Gasteiger partial charge in [-0.1, -0.05) is 37.3 Å². The molecule has 1 aliphatic carbocycles. The zero-order valence-electron chi connectivity index (χ0n) is 24.2. The fourth-order valence-electron chi connectivity index (χ4n) is 5.83. The number of rotatable bonds is 8. The van der Waals surface area contributed by atoms with E-state index in [2.05, 4.69) is 29.7 Å². The summed E-state index contributed by atoms with van der Waals surface area (Å²) in [6.45, 7) is 4.02. The normalized spacial score (nSPS) is 18.4. The first-order valence-corrected chi connectivity index (χ1v) is 13.9. The summed E-state index contributed by atoms with van der Waals surface area (Å²) in [6.07, 6.45) is 1.89. The van der Waals surface area contributed by atoms with Crippen molar-refractivity contribution in [2.45, 2.75) is 44.9 Å². The summed E-state index contributed by atoms with van der Waals surface area (Å²) in [7, 11) is 4.82. The first-order chi connectivity index (χ1) is 19.9. The van der Waals surface area contributed by atoms with E-state index in [0.29, 0.717) is 46.9 Å². The Kier molecular flexibility index (Phi) is 8.15. The Morgan fingerprint density at radius 1 is 0.878 bits per heavy atom. The second kappa shape index (κ2) is 11.9. The summed E-state index contributed by atoms with van der Waals surface area (Å²) in [4.78, 5) is 27.8. The SMILES string of the molecule is CCc1ccc([C@@H]2C(C(=O)Nc3ccc(OC)cc3)=C(C)NC3=C2C(=O)C[C@@H](c2ccc(OC)c(OC)c2)C3)cc1. The third-order valence-corrected chi connectivity index (χ3v) is 8.02. The van der Waals surface area contributed by atoms with E-state index in [1.807, 2.05) is 37.3 Å². The van der Waals surface area contributed by atoms with E-state index in [0.717, 1.165) is 28.9 Å². The van der Waals surface area contributed by atoms with Gasteiger partial charge in [0, 0.05) is 40.6 Å². The molecular weight excluding hydrogens is 516 g/mol. The Labute approximate surface area is 241 Å². The van der Waals surface area contributed by atoms with Gasteiger partial charge in [-0.3, -0.25) is 9.59 Å². The number of carbonyl (C=O) groups excluding carboxylic acids is 2. The van der Waals surface area contributed by atoms with Crippen LogP contribution in [0.5, 0.6) is 17.2 Å². The van der Waals surface area contributed by atoms with Crippen molar-refractivity contribution >= 4 is 17.4 Å². The number of carbonyl (C=O) groups is 2. The van der Waals surface area contributed by atoms with Crippen molar-refractivity contribution in [2.75, 3.05) is 26.6 Å². The highest BCUT2D eigenvalue weighted by atomic mass is 16.5. The van der Waals surface area contributed by atoms with Gasteiger partial charge in [-0.05, 0) is 78.8 Å². The predicted octanol–water partition coefficient (Wildman–Crippen LogP) is 6.28. The summed E-state index contributed by atoms with van der Waals surface area (Å²) in [5.41, 5.74) is 6.60. The lowest BCUT2D eigenvalue weighted by Gasteiger charge is -2.37. The van der Waals surface area contributed by atoms with Crippen LogP contribution >= 0.6 is 0 Å². The molecule has 7 nitrogen and oxygen atoms in total. The van der Waals surface area contributed by atoms with E-state index in [1.54, 1.807) is 45.6 Å². The molecule has 0 unspecified atom stereocenters. The summed E-state index contributed by atoms with van der Waals surface area (Å²) in [6, 6.07) is 21.3. The van der Waals surface area contributed by atoms with Crippen LogP contribution in [0.15, 0.2) is 89.3 Å². The fourth-order valence-corrected chi connectivity index (χ4v) is 5.83. The second-order valence-electron chi connectivity index (χ2n) is 10.4. The number of Topliss-reactive ketones (excluding diaryl/α,β-unsaturated/α-hetero) is 1. The maximum Gasteiger partial charge on any atom is 0.254 e. The van der Waals surface area contributed by atoms with Gasteiger partial charge < -0.3 is 24.8 Å². The van der Waals surface area contributed by atoms with Crippen molar-refractivity contribution in [3.63, 3.8) is 0 Å². The van der Waals surface area contributed by atoms with Crippen LogP contribution in [0.25, 0.3) is 0 Å². The molecule has 0 saturated heterocycles. The highest BCUT2D eigenvalue weighted by Gasteiger charge is 2.41. The number of dihydropyridines is 1. The number of hydrogen-bond donors (Lipinski definition) is 2. The Hall–Kier alpha value is -4.52. The van der Waals surface area contributed by atoms with E-state index in [1.165, 1.54) is 5.56 Å². The van der Waals surface area contributed by atoms with Gasteiger partial charge in [0.1, 0.15) is 5.75 Å². The Morgan fingerprint density at radius 2 is 1.56 bits per heavy atom. The van der Waals surface area contributed by atoms with Gasteiger partial charge in [0.05, 0.1) is 21.3 Å². The molecule has 0 radical (unpaired) electrons. The third kappa shape index (κ3) is 5.57. The van der Waals surface area contributed by atoms with Gasteiger partial charge in [0.15, 0.2) is 17.3 Å². The molecule has 3 aromatic carbocycles. The molecule has 0 saturated carbocycles. The van der Waals surface area contributed by atoms with Crippen LogP contribution in [0.2, 0.25) is 0 Å². The van der Waals surface area contributed by atoms with Gasteiger partial charge in [-0.25, -0.2) is 0 Å². The molecule has 5 rings (SSSR count). The van der Waals surface area contributed by atoms with Crippen LogP contribution in [0.3, 0.4) is 0 Å². The first kappa shape index (κ1) is 28.0. The minimum atomic E-state index is -0.478. The highest BCUT2D eigenvalue weighted by molar-refractivity contribution is 6.10. The molecule has 2 N–H and O–H groups in total. The Bertz CT molecular complexity index is 1520. The largest absolute Gasteiger partial charge is 0.497 e.